The summed E-state index contributed by atoms with van der Waals surface area (Å²) in [6, 6.07) is 5.57. The highest BCUT2D eigenvalue weighted by atomic mass is 16.5. The fourth-order valence-electron chi connectivity index (χ4n) is 2.08. The van der Waals surface area contributed by atoms with Crippen LogP contribution in [-0.2, 0) is 6.54 Å². The number of phenols is 1. The second kappa shape index (κ2) is 8.77. The van der Waals surface area contributed by atoms with Gasteiger partial charge in [-0.25, -0.2) is 0 Å². The van der Waals surface area contributed by atoms with E-state index < -0.39 is 0 Å². The second-order valence-corrected chi connectivity index (χ2v) is 4.58. The number of nitrogens with zero attached hydrogens (tertiary/aromatic N) is 1. The van der Waals surface area contributed by atoms with Gasteiger partial charge in [0.1, 0.15) is 0 Å². The lowest BCUT2D eigenvalue weighted by molar-refractivity contribution is 0.287. The third-order valence-electron chi connectivity index (χ3n) is 3.21. The van der Waals surface area contributed by atoms with Crippen molar-refractivity contribution < 1.29 is 9.84 Å². The number of ether oxygens (including phenoxy) is 1. The van der Waals surface area contributed by atoms with Crippen molar-refractivity contribution in [1.82, 2.24) is 10.2 Å². The molecular weight excluding hydrogens is 240 g/mol. The molecule has 0 fully saturated rings. The number of methoxy groups -OCH3 is 1. The summed E-state index contributed by atoms with van der Waals surface area (Å²) in [5.74, 6) is 0.763. The van der Waals surface area contributed by atoms with Crippen LogP contribution in [0.5, 0.6) is 11.5 Å². The monoisotopic (exact) mass is 266 g/mol. The third kappa shape index (κ3) is 5.09. The molecular formula is C15H26N2O2. The van der Waals surface area contributed by atoms with Crippen LogP contribution in [0.1, 0.15) is 25.8 Å². The maximum atomic E-state index is 9.95. The Balaban J connectivity index is 2.37. The first-order chi connectivity index (χ1) is 9.22. The van der Waals surface area contributed by atoms with Crippen molar-refractivity contribution in [3.63, 3.8) is 0 Å². The number of benzene rings is 1. The molecule has 0 saturated heterocycles. The van der Waals surface area contributed by atoms with Gasteiger partial charge in [0.2, 0.25) is 0 Å². The van der Waals surface area contributed by atoms with E-state index in [1.165, 1.54) is 6.42 Å². The van der Waals surface area contributed by atoms with Gasteiger partial charge in [-0.2, -0.15) is 0 Å². The summed E-state index contributed by atoms with van der Waals surface area (Å²) in [7, 11) is 1.57. The fraction of sp³-hybridized carbons (Fsp3) is 0.600. The highest BCUT2D eigenvalue weighted by Crippen LogP contribution is 2.28. The van der Waals surface area contributed by atoms with E-state index in [-0.39, 0.29) is 5.75 Å². The van der Waals surface area contributed by atoms with E-state index in [4.69, 9.17) is 4.74 Å². The van der Waals surface area contributed by atoms with Gasteiger partial charge in [-0.05, 0) is 25.6 Å². The van der Waals surface area contributed by atoms with Gasteiger partial charge in [0.15, 0.2) is 11.5 Å². The molecule has 0 bridgehead atoms. The van der Waals surface area contributed by atoms with Gasteiger partial charge in [0.25, 0.3) is 0 Å². The molecule has 19 heavy (non-hydrogen) atoms. The molecule has 0 heterocycles. The molecule has 1 rings (SSSR count). The number of hydrogen-bond donors (Lipinski definition) is 2. The van der Waals surface area contributed by atoms with Gasteiger partial charge >= 0.3 is 0 Å². The summed E-state index contributed by atoms with van der Waals surface area (Å²) >= 11 is 0. The third-order valence-corrected chi connectivity index (χ3v) is 3.21. The summed E-state index contributed by atoms with van der Waals surface area (Å²) < 4.78 is 5.09. The van der Waals surface area contributed by atoms with Gasteiger partial charge in [0.05, 0.1) is 7.11 Å². The molecule has 1 aromatic rings. The Hall–Kier alpha value is -1.26. The van der Waals surface area contributed by atoms with Crippen LogP contribution in [0.25, 0.3) is 0 Å². The van der Waals surface area contributed by atoms with E-state index in [1.807, 2.05) is 12.1 Å². The van der Waals surface area contributed by atoms with Gasteiger partial charge in [0, 0.05) is 25.2 Å². The molecule has 0 spiro atoms. The van der Waals surface area contributed by atoms with Crippen molar-refractivity contribution in [2.45, 2.75) is 26.8 Å². The minimum Gasteiger partial charge on any atom is -0.504 e. The van der Waals surface area contributed by atoms with Crippen molar-refractivity contribution in [2.75, 3.05) is 33.3 Å². The lowest BCUT2D eigenvalue weighted by Gasteiger charge is -2.19. The van der Waals surface area contributed by atoms with Crippen molar-refractivity contribution in [3.8, 4) is 11.5 Å². The van der Waals surface area contributed by atoms with Crippen molar-refractivity contribution >= 4 is 0 Å². The minimum absolute atomic E-state index is 0.235. The Morgan fingerprint density at radius 3 is 2.68 bits per heavy atom. The molecule has 108 valence electrons. The summed E-state index contributed by atoms with van der Waals surface area (Å²) in [4.78, 5) is 2.42. The minimum atomic E-state index is 0.235. The molecule has 0 aliphatic rings. The molecule has 0 radical (unpaired) electrons. The van der Waals surface area contributed by atoms with Gasteiger partial charge in [-0.1, -0.05) is 26.0 Å². The smallest absolute Gasteiger partial charge is 0.162 e. The van der Waals surface area contributed by atoms with E-state index >= 15 is 0 Å². The van der Waals surface area contributed by atoms with Crippen LogP contribution in [0, 0.1) is 0 Å². The maximum absolute atomic E-state index is 9.95. The van der Waals surface area contributed by atoms with Crippen LogP contribution >= 0.6 is 0 Å². The summed E-state index contributed by atoms with van der Waals surface area (Å²) in [5.41, 5.74) is 0.873. The lowest BCUT2D eigenvalue weighted by atomic mass is 10.2. The normalized spacial score (nSPS) is 10.9. The number of likely N-dealkylation sites (N-methyl/N-ethyl adjacent to an activating group) is 1. The van der Waals surface area contributed by atoms with E-state index in [9.17, 15) is 5.11 Å². The molecule has 0 aliphatic heterocycles. The van der Waals surface area contributed by atoms with Crippen LogP contribution in [0.2, 0.25) is 0 Å². The average Bonchev–Trinajstić information content (AvgIpc) is 2.43. The Labute approximate surface area is 116 Å². The SMILES string of the molecule is CCCN(CC)CCNCc1cccc(OC)c1O. The first-order valence-corrected chi connectivity index (χ1v) is 7.00. The van der Waals surface area contributed by atoms with E-state index in [0.717, 1.165) is 31.7 Å². The average molecular weight is 266 g/mol. The molecule has 0 amide bonds. The molecule has 0 aliphatic carbocycles. The summed E-state index contributed by atoms with van der Waals surface area (Å²) in [5, 5.41) is 13.3. The van der Waals surface area contributed by atoms with Gasteiger partial charge < -0.3 is 20.1 Å². The number of aromatic hydroxyl groups is 1. The van der Waals surface area contributed by atoms with Crippen molar-refractivity contribution in [1.29, 1.82) is 0 Å². The summed E-state index contributed by atoms with van der Waals surface area (Å²) in [6.07, 6.45) is 1.19. The van der Waals surface area contributed by atoms with Crippen LogP contribution < -0.4 is 10.1 Å². The second-order valence-electron chi connectivity index (χ2n) is 4.58. The lowest BCUT2D eigenvalue weighted by Crippen LogP contribution is -2.32. The number of para-hydroxylation sites is 1. The number of hydrogen-bond acceptors (Lipinski definition) is 4. The highest BCUT2D eigenvalue weighted by Gasteiger charge is 2.06. The number of nitrogens with one attached hydrogen (secondary N) is 1. The standard InChI is InChI=1S/C15H26N2O2/c1-4-10-17(5-2)11-9-16-12-13-7-6-8-14(19-3)15(13)18/h6-8,16,18H,4-5,9-12H2,1-3H3. The first kappa shape index (κ1) is 15.8. The van der Waals surface area contributed by atoms with Crippen LogP contribution in [0.3, 0.4) is 0 Å². The first-order valence-electron chi connectivity index (χ1n) is 7.00. The molecule has 4 nitrogen and oxygen atoms in total. The Morgan fingerprint density at radius 2 is 2.05 bits per heavy atom. The molecule has 1 aromatic carbocycles. The highest BCUT2D eigenvalue weighted by molar-refractivity contribution is 5.45. The zero-order valence-corrected chi connectivity index (χ0v) is 12.3. The fourth-order valence-corrected chi connectivity index (χ4v) is 2.08. The van der Waals surface area contributed by atoms with E-state index in [1.54, 1.807) is 13.2 Å². The number of phenolic OH excluding ortho intramolecular Hbond substituents is 1. The van der Waals surface area contributed by atoms with Crippen LogP contribution in [0.15, 0.2) is 18.2 Å². The zero-order chi connectivity index (χ0) is 14.1. The van der Waals surface area contributed by atoms with Crippen LogP contribution in [0.4, 0.5) is 0 Å². The predicted octanol–water partition coefficient (Wildman–Crippen LogP) is 2.22. The Bertz CT molecular complexity index is 369. The largest absolute Gasteiger partial charge is 0.504 e. The molecule has 4 heteroatoms. The molecule has 0 unspecified atom stereocenters. The van der Waals surface area contributed by atoms with E-state index in [2.05, 4.69) is 24.1 Å². The molecule has 0 aromatic heterocycles. The topological polar surface area (TPSA) is 44.7 Å². The van der Waals surface area contributed by atoms with Crippen molar-refractivity contribution in [2.24, 2.45) is 0 Å². The molecule has 2 N–H and O–H groups in total. The van der Waals surface area contributed by atoms with Gasteiger partial charge in [-0.15, -0.1) is 0 Å². The predicted molar refractivity (Wildman–Crippen MR) is 78.8 cm³/mol. The van der Waals surface area contributed by atoms with Crippen molar-refractivity contribution in [3.05, 3.63) is 23.8 Å². The maximum Gasteiger partial charge on any atom is 0.162 e. The summed E-state index contributed by atoms with van der Waals surface area (Å²) in [6.45, 7) is 9.22. The Morgan fingerprint density at radius 1 is 1.26 bits per heavy atom. The molecule has 0 saturated carbocycles. The quantitative estimate of drug-likeness (QED) is 0.673. The Kier molecular flexibility index (Phi) is 7.30. The zero-order valence-electron chi connectivity index (χ0n) is 12.3. The van der Waals surface area contributed by atoms with E-state index in [0.29, 0.717) is 12.3 Å². The molecule has 0 atom stereocenters. The van der Waals surface area contributed by atoms with Crippen LogP contribution in [-0.4, -0.2) is 43.3 Å². The van der Waals surface area contributed by atoms with Gasteiger partial charge in [-0.3, -0.25) is 0 Å². The number of rotatable bonds is 9.